The number of aryl methyl sites for hydroxylation is 1. The Morgan fingerprint density at radius 3 is 2.76 bits per heavy atom. The van der Waals surface area contributed by atoms with Gasteiger partial charge in [0.05, 0.1) is 12.8 Å². The molecule has 0 saturated heterocycles. The molecule has 2 aromatic carbocycles. The summed E-state index contributed by atoms with van der Waals surface area (Å²) in [6.45, 7) is 0.108. The van der Waals surface area contributed by atoms with E-state index in [4.69, 9.17) is 4.74 Å². The van der Waals surface area contributed by atoms with Crippen molar-refractivity contribution in [2.75, 3.05) is 7.11 Å². The molecule has 0 unspecified atom stereocenters. The second-order valence-corrected chi connectivity index (χ2v) is 5.54. The first kappa shape index (κ1) is 16.7. The van der Waals surface area contributed by atoms with Gasteiger partial charge in [-0.2, -0.15) is 5.10 Å². The topological polar surface area (TPSA) is 56.1 Å². The molecule has 0 atom stereocenters. The molecule has 0 fully saturated rings. The van der Waals surface area contributed by atoms with E-state index >= 15 is 0 Å². The second kappa shape index (κ2) is 7.17. The third kappa shape index (κ3) is 3.68. The van der Waals surface area contributed by atoms with Crippen LogP contribution in [0.3, 0.4) is 0 Å². The molecule has 0 spiro atoms. The smallest absolute Gasteiger partial charge is 0.272 e. The zero-order chi connectivity index (χ0) is 17.8. The van der Waals surface area contributed by atoms with Gasteiger partial charge in [-0.1, -0.05) is 30.3 Å². The molecule has 0 saturated carbocycles. The normalized spacial score (nSPS) is 10.5. The molecule has 3 rings (SSSR count). The van der Waals surface area contributed by atoms with Crippen LogP contribution in [0.4, 0.5) is 4.39 Å². The van der Waals surface area contributed by atoms with E-state index < -0.39 is 0 Å². The van der Waals surface area contributed by atoms with Crippen LogP contribution in [0.15, 0.2) is 54.6 Å². The first-order chi connectivity index (χ1) is 12.1. The lowest BCUT2D eigenvalue weighted by Gasteiger charge is -2.04. The molecule has 1 N–H and O–H groups in total. The van der Waals surface area contributed by atoms with Crippen molar-refractivity contribution in [3.63, 3.8) is 0 Å². The third-order valence-electron chi connectivity index (χ3n) is 3.88. The van der Waals surface area contributed by atoms with E-state index in [0.29, 0.717) is 5.56 Å². The van der Waals surface area contributed by atoms with Crippen LogP contribution in [0.25, 0.3) is 11.3 Å². The molecule has 0 bridgehead atoms. The van der Waals surface area contributed by atoms with Crippen LogP contribution in [0.5, 0.6) is 5.75 Å². The Morgan fingerprint density at radius 2 is 2.00 bits per heavy atom. The number of amides is 1. The van der Waals surface area contributed by atoms with Gasteiger partial charge in [-0.3, -0.25) is 9.48 Å². The van der Waals surface area contributed by atoms with Crippen molar-refractivity contribution < 1.29 is 13.9 Å². The number of nitrogens with zero attached hydrogens (tertiary/aromatic N) is 2. The average Bonchev–Trinajstić information content (AvgIpc) is 3.03. The summed E-state index contributed by atoms with van der Waals surface area (Å²) in [5.41, 5.74) is 2.38. The van der Waals surface area contributed by atoms with Crippen LogP contribution in [0.2, 0.25) is 0 Å². The van der Waals surface area contributed by atoms with Crippen molar-refractivity contribution in [2.24, 2.45) is 7.05 Å². The fourth-order valence-corrected chi connectivity index (χ4v) is 2.54. The predicted octanol–water partition coefficient (Wildman–Crippen LogP) is 3.16. The number of nitrogens with one attached hydrogen (secondary N) is 1. The van der Waals surface area contributed by atoms with Crippen LogP contribution in [0, 0.1) is 5.82 Å². The molecular weight excluding hydrogens is 321 g/mol. The number of ether oxygens (including phenoxy) is 1. The van der Waals surface area contributed by atoms with Crippen LogP contribution in [-0.4, -0.2) is 22.8 Å². The van der Waals surface area contributed by atoms with E-state index in [1.807, 2.05) is 24.3 Å². The fourth-order valence-electron chi connectivity index (χ4n) is 2.54. The summed E-state index contributed by atoms with van der Waals surface area (Å²) < 4.78 is 20.5. The number of carbonyl (C=O) groups is 1. The highest BCUT2D eigenvalue weighted by molar-refractivity contribution is 5.93. The average molecular weight is 339 g/mol. The number of halogens is 1. The number of rotatable bonds is 5. The van der Waals surface area contributed by atoms with Gasteiger partial charge in [0, 0.05) is 24.7 Å². The lowest BCUT2D eigenvalue weighted by molar-refractivity contribution is 0.0945. The molecule has 5 nitrogen and oxygen atoms in total. The van der Waals surface area contributed by atoms with E-state index in [1.165, 1.54) is 6.07 Å². The number of carbonyl (C=O) groups excluding carboxylic acids is 1. The van der Waals surface area contributed by atoms with Gasteiger partial charge in [0.2, 0.25) is 0 Å². The Hall–Kier alpha value is -3.15. The van der Waals surface area contributed by atoms with Gasteiger partial charge < -0.3 is 10.1 Å². The monoisotopic (exact) mass is 339 g/mol. The highest BCUT2D eigenvalue weighted by atomic mass is 19.1. The lowest BCUT2D eigenvalue weighted by Crippen LogP contribution is -2.23. The highest BCUT2D eigenvalue weighted by Crippen LogP contribution is 2.24. The molecule has 0 radical (unpaired) electrons. The third-order valence-corrected chi connectivity index (χ3v) is 3.88. The minimum atomic E-state index is -0.354. The maximum absolute atomic E-state index is 13.6. The largest absolute Gasteiger partial charge is 0.497 e. The summed E-state index contributed by atoms with van der Waals surface area (Å²) in [6, 6.07) is 15.6. The first-order valence-corrected chi connectivity index (χ1v) is 7.78. The summed E-state index contributed by atoms with van der Waals surface area (Å²) in [5.74, 6) is 0.0261. The summed E-state index contributed by atoms with van der Waals surface area (Å²) >= 11 is 0. The molecule has 0 aliphatic heterocycles. The van der Waals surface area contributed by atoms with E-state index in [9.17, 15) is 9.18 Å². The molecule has 3 aromatic rings. The second-order valence-electron chi connectivity index (χ2n) is 5.54. The van der Waals surface area contributed by atoms with Crippen molar-refractivity contribution in [1.82, 2.24) is 15.1 Å². The van der Waals surface area contributed by atoms with Gasteiger partial charge in [0.25, 0.3) is 5.91 Å². The molecule has 1 amide bonds. The van der Waals surface area contributed by atoms with Crippen LogP contribution in [-0.2, 0) is 13.6 Å². The van der Waals surface area contributed by atoms with Crippen molar-refractivity contribution >= 4 is 5.91 Å². The van der Waals surface area contributed by atoms with Crippen LogP contribution < -0.4 is 10.1 Å². The number of aromatic nitrogens is 2. The van der Waals surface area contributed by atoms with Gasteiger partial charge in [-0.05, 0) is 24.3 Å². The van der Waals surface area contributed by atoms with Crippen molar-refractivity contribution in [3.05, 3.63) is 71.7 Å². The number of benzene rings is 2. The SMILES string of the molecule is COc1cccc(-c2cc(C(=O)NCc3ccccc3F)nn2C)c1. The summed E-state index contributed by atoms with van der Waals surface area (Å²) in [4.78, 5) is 12.3. The maximum atomic E-state index is 13.6. The van der Waals surface area contributed by atoms with E-state index in [-0.39, 0.29) is 24.0 Å². The van der Waals surface area contributed by atoms with Crippen molar-refractivity contribution in [1.29, 1.82) is 0 Å². The van der Waals surface area contributed by atoms with Gasteiger partial charge >= 0.3 is 0 Å². The van der Waals surface area contributed by atoms with E-state index in [1.54, 1.807) is 43.1 Å². The minimum absolute atomic E-state index is 0.108. The lowest BCUT2D eigenvalue weighted by atomic mass is 10.1. The Bertz CT molecular complexity index is 905. The molecule has 6 heteroatoms. The molecule has 0 aliphatic rings. The standard InChI is InChI=1S/C19H18FN3O2/c1-23-18(13-7-5-8-15(10-13)25-2)11-17(22-23)19(24)21-12-14-6-3-4-9-16(14)20/h3-11H,12H2,1-2H3,(H,21,24). The molecule has 25 heavy (non-hydrogen) atoms. The zero-order valence-corrected chi connectivity index (χ0v) is 14.0. The minimum Gasteiger partial charge on any atom is -0.497 e. The quantitative estimate of drug-likeness (QED) is 0.777. The Morgan fingerprint density at radius 1 is 1.20 bits per heavy atom. The maximum Gasteiger partial charge on any atom is 0.272 e. The van der Waals surface area contributed by atoms with Crippen molar-refractivity contribution in [2.45, 2.75) is 6.54 Å². The predicted molar refractivity (Wildman–Crippen MR) is 92.8 cm³/mol. The van der Waals surface area contributed by atoms with Crippen LogP contribution >= 0.6 is 0 Å². The first-order valence-electron chi connectivity index (χ1n) is 7.78. The number of hydrogen-bond acceptors (Lipinski definition) is 3. The number of hydrogen-bond donors (Lipinski definition) is 1. The Labute approximate surface area is 145 Å². The summed E-state index contributed by atoms with van der Waals surface area (Å²) in [7, 11) is 3.37. The Balaban J connectivity index is 1.77. The molecular formula is C19H18FN3O2. The van der Waals surface area contributed by atoms with E-state index in [0.717, 1.165) is 17.0 Å². The van der Waals surface area contributed by atoms with E-state index in [2.05, 4.69) is 10.4 Å². The van der Waals surface area contributed by atoms with Crippen LogP contribution in [0.1, 0.15) is 16.1 Å². The van der Waals surface area contributed by atoms with Gasteiger partial charge in [-0.25, -0.2) is 4.39 Å². The molecule has 1 heterocycles. The fraction of sp³-hybridized carbons (Fsp3) is 0.158. The molecule has 1 aromatic heterocycles. The highest BCUT2D eigenvalue weighted by Gasteiger charge is 2.14. The number of methoxy groups -OCH3 is 1. The summed E-state index contributed by atoms with van der Waals surface area (Å²) in [5, 5.41) is 6.94. The van der Waals surface area contributed by atoms with Gasteiger partial charge in [0.1, 0.15) is 11.6 Å². The van der Waals surface area contributed by atoms with Gasteiger partial charge in [0.15, 0.2) is 5.69 Å². The van der Waals surface area contributed by atoms with Gasteiger partial charge in [-0.15, -0.1) is 0 Å². The molecule has 0 aliphatic carbocycles. The Kier molecular flexibility index (Phi) is 4.79. The summed E-state index contributed by atoms with van der Waals surface area (Å²) in [6.07, 6.45) is 0. The molecule has 128 valence electrons. The van der Waals surface area contributed by atoms with Crippen molar-refractivity contribution in [3.8, 4) is 17.0 Å². The zero-order valence-electron chi connectivity index (χ0n) is 14.0.